The number of rotatable bonds is 30. The van der Waals surface area contributed by atoms with Crippen molar-refractivity contribution in [3.8, 4) is 11.1 Å². The molecule has 6 amide bonds. The summed E-state index contributed by atoms with van der Waals surface area (Å²) in [6, 6.07) is 13.9. The van der Waals surface area contributed by atoms with E-state index in [1.807, 2.05) is 55.5 Å². The van der Waals surface area contributed by atoms with E-state index in [-0.39, 0.29) is 69.4 Å². The summed E-state index contributed by atoms with van der Waals surface area (Å²) in [7, 11) is 0. The lowest BCUT2D eigenvalue weighted by Gasteiger charge is -2.25. The minimum Gasteiger partial charge on any atom is -0.449 e. The quantitative estimate of drug-likeness (QED) is 0.0316. The van der Waals surface area contributed by atoms with E-state index in [4.69, 9.17) is 18.9 Å². The SMILES string of the molecule is CCCNC(=O)[C@H](CCCCNC(=O)OC(C)(C)C)CC(=O)[C@H](CCCCNC(=O)OC(C)(C)C)NC(=O)[C@H](CCCCNC(=O)OC(C)(C)C)CC(=O)[C@H](CC)NC(=O)OCC1c2ccccc2-c2ccccc21. The number of ether oxygens (including phenoxy) is 4. The lowest BCUT2D eigenvalue weighted by Crippen LogP contribution is -2.47. The maximum Gasteiger partial charge on any atom is 0.407 e. The summed E-state index contributed by atoms with van der Waals surface area (Å²) in [6.07, 6.45) is 1.39. The molecule has 4 atom stereocenters. The molecule has 1 aliphatic rings. The third-order valence-corrected chi connectivity index (χ3v) is 12.2. The van der Waals surface area contributed by atoms with Crippen molar-refractivity contribution in [2.24, 2.45) is 11.8 Å². The Morgan fingerprint density at radius 2 is 0.893 bits per heavy atom. The normalized spacial score (nSPS) is 13.9. The number of Topliss-reactive ketones (excluding diaryl/α,β-unsaturated/α-hetero) is 2. The number of ketones is 2. The van der Waals surface area contributed by atoms with Gasteiger partial charge in [0, 0.05) is 56.8 Å². The van der Waals surface area contributed by atoms with E-state index < -0.39 is 76.8 Å². The molecule has 0 saturated carbocycles. The number of alkyl carbamates (subject to hydrolysis) is 4. The molecule has 75 heavy (non-hydrogen) atoms. The Morgan fingerprint density at radius 3 is 1.32 bits per heavy atom. The molecule has 0 fully saturated rings. The summed E-state index contributed by atoms with van der Waals surface area (Å²) in [5, 5.41) is 16.8. The summed E-state index contributed by atoms with van der Waals surface area (Å²) in [6.45, 7) is 20.8. The predicted octanol–water partition coefficient (Wildman–Crippen LogP) is 9.55. The highest BCUT2D eigenvalue weighted by molar-refractivity contribution is 5.95. The number of amides is 6. The smallest absolute Gasteiger partial charge is 0.407 e. The number of unbranched alkanes of at least 4 members (excludes halogenated alkanes) is 3. The number of nitrogens with one attached hydrogen (secondary N) is 6. The van der Waals surface area contributed by atoms with Crippen LogP contribution in [0.15, 0.2) is 48.5 Å². The van der Waals surface area contributed by atoms with Crippen LogP contribution in [0.25, 0.3) is 11.1 Å². The maximum atomic E-state index is 14.5. The van der Waals surface area contributed by atoms with Crippen molar-refractivity contribution in [1.82, 2.24) is 31.9 Å². The molecule has 18 heteroatoms. The fraction of sp³-hybridized carbons (Fsp3) is 0.649. The molecule has 0 saturated heterocycles. The van der Waals surface area contributed by atoms with Gasteiger partial charge in [0.1, 0.15) is 23.4 Å². The van der Waals surface area contributed by atoms with Gasteiger partial charge in [-0.1, -0.05) is 75.2 Å². The minimum absolute atomic E-state index is 0.0474. The van der Waals surface area contributed by atoms with Gasteiger partial charge in [-0.3, -0.25) is 19.2 Å². The minimum atomic E-state index is -1.05. The Bertz CT molecular complexity index is 2150. The first-order valence-electron chi connectivity index (χ1n) is 27.0. The first-order valence-corrected chi connectivity index (χ1v) is 27.0. The average molecular weight is 1050 g/mol. The molecule has 0 aromatic heterocycles. The molecule has 418 valence electrons. The summed E-state index contributed by atoms with van der Waals surface area (Å²) >= 11 is 0. The lowest BCUT2D eigenvalue weighted by atomic mass is 9.89. The molecule has 0 aliphatic heterocycles. The van der Waals surface area contributed by atoms with E-state index in [0.717, 1.165) is 22.3 Å². The van der Waals surface area contributed by atoms with E-state index in [1.165, 1.54) is 0 Å². The topological polar surface area (TPSA) is 246 Å². The van der Waals surface area contributed by atoms with Crippen LogP contribution >= 0.6 is 0 Å². The van der Waals surface area contributed by atoms with Crippen LogP contribution in [0.5, 0.6) is 0 Å². The second kappa shape index (κ2) is 31.0. The molecule has 0 bridgehead atoms. The second-order valence-electron chi connectivity index (χ2n) is 22.3. The highest BCUT2D eigenvalue weighted by Gasteiger charge is 2.33. The standard InChI is InChI=1S/C57H88N6O12/c1-12-31-58-49(66)38(24-18-21-32-59-51(68)73-55(3,4)5)35-48(65)46(30-20-23-34-61-53(70)75-57(9,10)11)62-50(67)39(25-19-22-33-60-52(69)74-56(6,7)8)36-47(64)45(13-2)63-54(71)72-37-44-42-28-16-14-26-40(42)41-27-15-17-29-43(41)44/h14-17,26-29,38-39,44-46H,12-13,18-25,30-37H2,1-11H3,(H,58,66)(H,59,68)(H,60,69)(H,61,70)(H,62,67)(H,63,71)/t38-,39-,45+,46+/m1/s1. The highest BCUT2D eigenvalue weighted by Crippen LogP contribution is 2.44. The molecule has 2 aromatic rings. The summed E-state index contributed by atoms with van der Waals surface area (Å²) in [5.41, 5.74) is 2.18. The molecule has 3 rings (SSSR count). The van der Waals surface area contributed by atoms with Crippen LogP contribution in [0.3, 0.4) is 0 Å². The van der Waals surface area contributed by atoms with Crippen molar-refractivity contribution in [3.63, 3.8) is 0 Å². The summed E-state index contributed by atoms with van der Waals surface area (Å²) in [4.78, 5) is 107. The first kappa shape index (κ1) is 63.1. The van der Waals surface area contributed by atoms with E-state index in [9.17, 15) is 38.4 Å². The van der Waals surface area contributed by atoms with Gasteiger partial charge < -0.3 is 50.8 Å². The molecule has 0 heterocycles. The van der Waals surface area contributed by atoms with Gasteiger partial charge >= 0.3 is 24.4 Å². The first-order chi connectivity index (χ1) is 35.3. The van der Waals surface area contributed by atoms with E-state index in [1.54, 1.807) is 69.2 Å². The van der Waals surface area contributed by atoms with Gasteiger partial charge in [0.2, 0.25) is 11.8 Å². The Balaban J connectivity index is 1.81. The zero-order valence-electron chi connectivity index (χ0n) is 46.6. The van der Waals surface area contributed by atoms with Crippen molar-refractivity contribution in [3.05, 3.63) is 59.7 Å². The fourth-order valence-electron chi connectivity index (χ4n) is 8.63. The molecule has 0 radical (unpaired) electrons. The van der Waals surface area contributed by atoms with Crippen LogP contribution in [0, 0.1) is 11.8 Å². The van der Waals surface area contributed by atoms with Crippen LogP contribution in [-0.2, 0) is 38.1 Å². The van der Waals surface area contributed by atoms with Gasteiger partial charge in [-0.2, -0.15) is 0 Å². The fourth-order valence-corrected chi connectivity index (χ4v) is 8.63. The third-order valence-electron chi connectivity index (χ3n) is 12.2. The van der Waals surface area contributed by atoms with Gasteiger partial charge in [-0.05, 0) is 142 Å². The molecule has 0 spiro atoms. The van der Waals surface area contributed by atoms with Crippen LogP contribution in [0.1, 0.15) is 177 Å². The second-order valence-corrected chi connectivity index (χ2v) is 22.3. The lowest BCUT2D eigenvalue weighted by molar-refractivity contribution is -0.134. The van der Waals surface area contributed by atoms with Gasteiger partial charge in [0.05, 0.1) is 12.1 Å². The third kappa shape index (κ3) is 24.3. The number of carbonyl (C=O) groups excluding carboxylic acids is 8. The Kier molecular flexibility index (Phi) is 26.1. The largest absolute Gasteiger partial charge is 0.449 e. The predicted molar refractivity (Wildman–Crippen MR) is 288 cm³/mol. The molecule has 1 aliphatic carbocycles. The Morgan fingerprint density at radius 1 is 0.480 bits per heavy atom. The van der Waals surface area contributed by atoms with Gasteiger partial charge in [0.25, 0.3) is 0 Å². The van der Waals surface area contributed by atoms with Crippen LogP contribution in [-0.4, -0.2) is 109 Å². The van der Waals surface area contributed by atoms with Crippen LogP contribution in [0.4, 0.5) is 19.2 Å². The number of hydrogen-bond donors (Lipinski definition) is 6. The van der Waals surface area contributed by atoms with Crippen molar-refractivity contribution in [2.45, 2.75) is 194 Å². The monoisotopic (exact) mass is 1050 g/mol. The van der Waals surface area contributed by atoms with Gasteiger partial charge in [0.15, 0.2) is 11.6 Å². The van der Waals surface area contributed by atoms with Crippen molar-refractivity contribution in [1.29, 1.82) is 0 Å². The molecule has 18 nitrogen and oxygen atoms in total. The van der Waals surface area contributed by atoms with Gasteiger partial charge in [-0.25, -0.2) is 19.2 Å². The maximum absolute atomic E-state index is 14.5. The summed E-state index contributed by atoms with van der Waals surface area (Å²) < 4.78 is 21.8. The Labute approximate surface area is 445 Å². The average Bonchev–Trinajstić information content (AvgIpc) is 3.64. The van der Waals surface area contributed by atoms with E-state index in [0.29, 0.717) is 64.5 Å². The van der Waals surface area contributed by atoms with Crippen molar-refractivity contribution >= 4 is 47.8 Å². The Hall–Kier alpha value is -6.20. The number of fused-ring (bicyclic) bond motifs is 3. The van der Waals surface area contributed by atoms with Crippen LogP contribution < -0.4 is 31.9 Å². The van der Waals surface area contributed by atoms with Gasteiger partial charge in [-0.15, -0.1) is 0 Å². The highest BCUT2D eigenvalue weighted by atomic mass is 16.6. The van der Waals surface area contributed by atoms with Crippen LogP contribution in [0.2, 0.25) is 0 Å². The molecular weight excluding hydrogens is 961 g/mol. The molecule has 6 N–H and O–H groups in total. The summed E-state index contributed by atoms with van der Waals surface area (Å²) in [5.74, 6) is -3.49. The van der Waals surface area contributed by atoms with Crippen molar-refractivity contribution in [2.75, 3.05) is 32.8 Å². The zero-order valence-corrected chi connectivity index (χ0v) is 46.6. The van der Waals surface area contributed by atoms with E-state index >= 15 is 0 Å². The number of benzene rings is 2. The molecule has 0 unspecified atom stereocenters. The molecular formula is C57H88N6O12. The zero-order chi connectivity index (χ0) is 55.8. The number of carbonyl (C=O) groups is 8. The number of hydrogen-bond acceptors (Lipinski definition) is 12. The molecule has 2 aromatic carbocycles. The van der Waals surface area contributed by atoms with E-state index in [2.05, 4.69) is 31.9 Å². The van der Waals surface area contributed by atoms with Crippen molar-refractivity contribution < 1.29 is 57.3 Å².